The molecule has 1 atom stereocenters. The molecule has 5 rings (SSSR count). The van der Waals surface area contributed by atoms with Gasteiger partial charge >= 0.3 is 0 Å². The highest BCUT2D eigenvalue weighted by Crippen LogP contribution is 2.49. The number of ether oxygens (including phenoxy) is 1. The van der Waals surface area contributed by atoms with Crippen molar-refractivity contribution in [3.05, 3.63) is 53.7 Å². The third-order valence-electron chi connectivity index (χ3n) is 6.23. The zero-order valence-electron chi connectivity index (χ0n) is 17.1. The number of aromatic nitrogens is 2. The van der Waals surface area contributed by atoms with Crippen molar-refractivity contribution in [2.24, 2.45) is 0 Å². The zero-order valence-corrected chi connectivity index (χ0v) is 18.0. The molecule has 1 aliphatic heterocycles. The van der Waals surface area contributed by atoms with Crippen molar-refractivity contribution >= 4 is 32.7 Å². The van der Waals surface area contributed by atoms with Crippen LogP contribution in [0, 0.1) is 0 Å². The Morgan fingerprint density at radius 1 is 1.33 bits per heavy atom. The van der Waals surface area contributed by atoms with Crippen molar-refractivity contribution in [3.63, 3.8) is 0 Å². The van der Waals surface area contributed by atoms with Crippen molar-refractivity contribution in [2.45, 2.75) is 43.7 Å². The van der Waals surface area contributed by atoms with Crippen LogP contribution in [0.4, 0.5) is 5.13 Å². The lowest BCUT2D eigenvalue weighted by Crippen LogP contribution is -2.43. The van der Waals surface area contributed by atoms with E-state index in [0.717, 1.165) is 59.9 Å². The number of hydrogen-bond acceptors (Lipinski definition) is 6. The van der Waals surface area contributed by atoms with Crippen molar-refractivity contribution in [3.8, 4) is 0 Å². The van der Waals surface area contributed by atoms with Crippen LogP contribution < -0.4 is 10.2 Å². The topological polar surface area (TPSA) is 67.4 Å². The predicted molar refractivity (Wildman–Crippen MR) is 119 cm³/mol. The summed E-state index contributed by atoms with van der Waals surface area (Å²) >= 11 is 1.64. The number of hydrogen-bond donors (Lipinski definition) is 1. The monoisotopic (exact) mass is 422 g/mol. The van der Waals surface area contributed by atoms with Crippen LogP contribution in [0.2, 0.25) is 0 Å². The molecule has 30 heavy (non-hydrogen) atoms. The van der Waals surface area contributed by atoms with Gasteiger partial charge in [0.25, 0.3) is 0 Å². The molecule has 0 bridgehead atoms. The average molecular weight is 423 g/mol. The molecule has 1 saturated heterocycles. The molecule has 1 N–H and O–H groups in total. The molecule has 156 valence electrons. The zero-order chi connectivity index (χ0) is 20.6. The van der Waals surface area contributed by atoms with E-state index in [4.69, 9.17) is 9.72 Å². The van der Waals surface area contributed by atoms with Crippen LogP contribution in [0.3, 0.4) is 0 Å². The molecule has 1 saturated carbocycles. The third-order valence-corrected chi connectivity index (χ3v) is 7.26. The Morgan fingerprint density at radius 2 is 2.17 bits per heavy atom. The molecule has 3 heterocycles. The van der Waals surface area contributed by atoms with Crippen molar-refractivity contribution in [1.82, 2.24) is 15.3 Å². The number of rotatable bonds is 7. The van der Waals surface area contributed by atoms with Gasteiger partial charge in [-0.05, 0) is 42.9 Å². The molecule has 0 unspecified atom stereocenters. The summed E-state index contributed by atoms with van der Waals surface area (Å²) in [4.78, 5) is 24.4. The van der Waals surface area contributed by atoms with Crippen LogP contribution in [0.5, 0.6) is 0 Å². The Kier molecular flexibility index (Phi) is 5.16. The van der Waals surface area contributed by atoms with E-state index >= 15 is 0 Å². The number of carbonyl (C=O) groups excluding carboxylic acids is 1. The van der Waals surface area contributed by atoms with Crippen LogP contribution in [0.15, 0.2) is 42.6 Å². The van der Waals surface area contributed by atoms with Gasteiger partial charge in [0.2, 0.25) is 5.91 Å². The third kappa shape index (κ3) is 3.68. The Morgan fingerprint density at radius 3 is 2.93 bits per heavy atom. The molecule has 6 nitrogen and oxygen atoms in total. The molecule has 2 aromatic heterocycles. The summed E-state index contributed by atoms with van der Waals surface area (Å²) in [6.07, 6.45) is 6.10. The maximum atomic E-state index is 12.9. The molecule has 1 aromatic carbocycles. The van der Waals surface area contributed by atoms with Crippen molar-refractivity contribution in [1.29, 1.82) is 0 Å². The predicted octanol–water partition coefficient (Wildman–Crippen LogP) is 3.65. The Bertz CT molecular complexity index is 1050. The van der Waals surface area contributed by atoms with E-state index in [2.05, 4.69) is 21.3 Å². The first-order valence-corrected chi connectivity index (χ1v) is 11.3. The Labute approximate surface area is 180 Å². The SMILES string of the molecule is COCC1(c2cnc3nc(N4CCC[C@@H]4C(=O)NCc4ccccc4)sc3c2)CC1. The summed E-state index contributed by atoms with van der Waals surface area (Å²) < 4.78 is 6.51. The average Bonchev–Trinajstić information content (AvgIpc) is 3.21. The van der Waals surface area contributed by atoms with Gasteiger partial charge in [0, 0.05) is 31.8 Å². The summed E-state index contributed by atoms with van der Waals surface area (Å²) in [5.41, 5.74) is 3.25. The first-order valence-electron chi connectivity index (χ1n) is 10.5. The molecule has 0 radical (unpaired) electrons. The molecule has 2 fully saturated rings. The first-order chi connectivity index (χ1) is 14.7. The number of fused-ring (bicyclic) bond motifs is 1. The fraction of sp³-hybridized carbons (Fsp3) is 0.435. The number of benzene rings is 1. The largest absolute Gasteiger partial charge is 0.384 e. The lowest BCUT2D eigenvalue weighted by molar-refractivity contribution is -0.122. The molecular formula is C23H26N4O2S. The van der Waals surface area contributed by atoms with E-state index < -0.39 is 0 Å². The van der Waals surface area contributed by atoms with Crippen molar-refractivity contribution in [2.75, 3.05) is 25.2 Å². The fourth-order valence-electron chi connectivity index (χ4n) is 4.34. The summed E-state index contributed by atoms with van der Waals surface area (Å²) in [5, 5.41) is 3.98. The van der Waals surface area contributed by atoms with Gasteiger partial charge in [0.15, 0.2) is 10.8 Å². The fourth-order valence-corrected chi connectivity index (χ4v) is 5.38. The van der Waals surface area contributed by atoms with Crippen LogP contribution in [-0.4, -0.2) is 42.2 Å². The van der Waals surface area contributed by atoms with Gasteiger partial charge in [-0.2, -0.15) is 4.98 Å². The van der Waals surface area contributed by atoms with Gasteiger partial charge in [0.05, 0.1) is 11.3 Å². The van der Waals surface area contributed by atoms with Crippen LogP contribution in [0.1, 0.15) is 36.8 Å². The maximum absolute atomic E-state index is 12.9. The second-order valence-corrected chi connectivity index (χ2v) is 9.32. The normalized spacial score (nSPS) is 19.9. The highest BCUT2D eigenvalue weighted by Gasteiger charge is 2.45. The summed E-state index contributed by atoms with van der Waals surface area (Å²) in [7, 11) is 1.76. The van der Waals surface area contributed by atoms with E-state index in [-0.39, 0.29) is 17.4 Å². The maximum Gasteiger partial charge on any atom is 0.243 e. The Balaban J connectivity index is 1.33. The van der Waals surface area contributed by atoms with E-state index in [9.17, 15) is 4.79 Å². The molecular weight excluding hydrogens is 396 g/mol. The number of pyridine rings is 1. The number of thiazole rings is 1. The number of carbonyl (C=O) groups is 1. The van der Waals surface area contributed by atoms with E-state index in [1.54, 1.807) is 18.4 Å². The number of methoxy groups -OCH3 is 1. The van der Waals surface area contributed by atoms with Gasteiger partial charge in [-0.1, -0.05) is 41.7 Å². The summed E-state index contributed by atoms with van der Waals surface area (Å²) in [6.45, 7) is 2.14. The summed E-state index contributed by atoms with van der Waals surface area (Å²) in [5.74, 6) is 0.0706. The number of amides is 1. The molecule has 1 aliphatic carbocycles. The van der Waals surface area contributed by atoms with E-state index in [0.29, 0.717) is 6.54 Å². The van der Waals surface area contributed by atoms with Gasteiger partial charge in [-0.25, -0.2) is 4.98 Å². The van der Waals surface area contributed by atoms with Crippen molar-refractivity contribution < 1.29 is 9.53 Å². The van der Waals surface area contributed by atoms with Gasteiger partial charge in [-0.3, -0.25) is 4.79 Å². The lowest BCUT2D eigenvalue weighted by atomic mass is 9.99. The standard InChI is InChI=1S/C23H26N4O2S/c1-29-15-23(9-10-23)17-12-19-20(24-14-17)26-22(30-19)27-11-5-8-18(27)21(28)25-13-16-6-3-2-4-7-16/h2-4,6-7,12,14,18H,5,8-11,13,15H2,1H3,(H,25,28)/t18-/m1/s1. The highest BCUT2D eigenvalue weighted by atomic mass is 32.1. The second-order valence-electron chi connectivity index (χ2n) is 8.31. The van der Waals surface area contributed by atoms with Crippen LogP contribution in [-0.2, 0) is 21.5 Å². The summed E-state index contributed by atoms with van der Waals surface area (Å²) in [6, 6.07) is 12.1. The molecule has 1 amide bonds. The quantitative estimate of drug-likeness (QED) is 0.629. The van der Waals surface area contributed by atoms with Gasteiger partial charge in [-0.15, -0.1) is 0 Å². The van der Waals surface area contributed by atoms with E-state index in [1.807, 2.05) is 36.5 Å². The van der Waals surface area contributed by atoms with Gasteiger partial charge in [0.1, 0.15) is 6.04 Å². The molecule has 0 spiro atoms. The lowest BCUT2D eigenvalue weighted by Gasteiger charge is -2.23. The Hall–Kier alpha value is -2.51. The minimum Gasteiger partial charge on any atom is -0.384 e. The number of nitrogens with zero attached hydrogens (tertiary/aromatic N) is 3. The van der Waals surface area contributed by atoms with Crippen LogP contribution >= 0.6 is 11.3 Å². The number of nitrogens with one attached hydrogen (secondary N) is 1. The van der Waals surface area contributed by atoms with Crippen LogP contribution in [0.25, 0.3) is 10.3 Å². The molecule has 7 heteroatoms. The smallest absolute Gasteiger partial charge is 0.243 e. The molecule has 3 aromatic rings. The molecule has 2 aliphatic rings. The minimum absolute atomic E-state index is 0.0706. The first kappa shape index (κ1) is 19.5. The number of anilines is 1. The van der Waals surface area contributed by atoms with E-state index in [1.165, 1.54) is 5.56 Å². The second kappa shape index (κ2) is 7.96. The highest BCUT2D eigenvalue weighted by molar-refractivity contribution is 7.22. The minimum atomic E-state index is -0.169. The van der Waals surface area contributed by atoms with Gasteiger partial charge < -0.3 is 15.0 Å².